The number of hydrogen-bond acceptors (Lipinski definition) is 4. The Morgan fingerprint density at radius 3 is 2.66 bits per heavy atom. The molecular formula is C21H17Cl2N3O3. The van der Waals surface area contributed by atoms with E-state index in [0.717, 1.165) is 5.56 Å². The molecule has 1 aromatic heterocycles. The summed E-state index contributed by atoms with van der Waals surface area (Å²) in [5.74, 6) is -0.284. The fourth-order valence-corrected chi connectivity index (χ4v) is 2.92. The lowest BCUT2D eigenvalue weighted by Crippen LogP contribution is -2.23. The molecule has 0 aliphatic carbocycles. The first kappa shape index (κ1) is 20.6. The zero-order chi connectivity index (χ0) is 20.6. The molecule has 0 aliphatic rings. The van der Waals surface area contributed by atoms with Gasteiger partial charge < -0.3 is 15.4 Å². The van der Waals surface area contributed by atoms with Crippen LogP contribution in [0.5, 0.6) is 5.75 Å². The van der Waals surface area contributed by atoms with Crippen LogP contribution in [0.15, 0.2) is 67.0 Å². The topological polar surface area (TPSA) is 80.3 Å². The predicted molar refractivity (Wildman–Crippen MR) is 112 cm³/mol. The fourth-order valence-electron chi connectivity index (χ4n) is 2.46. The van der Waals surface area contributed by atoms with E-state index >= 15 is 0 Å². The summed E-state index contributed by atoms with van der Waals surface area (Å²) in [4.78, 5) is 28.5. The van der Waals surface area contributed by atoms with Gasteiger partial charge >= 0.3 is 0 Å². The number of rotatable bonds is 7. The van der Waals surface area contributed by atoms with Crippen LogP contribution in [0.25, 0.3) is 0 Å². The number of benzene rings is 2. The Hall–Kier alpha value is -3.09. The second-order valence-electron chi connectivity index (χ2n) is 6.04. The number of aromatic nitrogens is 1. The van der Waals surface area contributed by atoms with Gasteiger partial charge in [0.05, 0.1) is 5.02 Å². The first-order valence-electron chi connectivity index (χ1n) is 8.66. The van der Waals surface area contributed by atoms with E-state index in [2.05, 4.69) is 15.6 Å². The van der Waals surface area contributed by atoms with Gasteiger partial charge in [0.1, 0.15) is 5.75 Å². The summed E-state index contributed by atoms with van der Waals surface area (Å²) in [7, 11) is 0. The predicted octanol–water partition coefficient (Wildman–Crippen LogP) is 4.34. The van der Waals surface area contributed by atoms with Gasteiger partial charge in [0, 0.05) is 35.2 Å². The highest BCUT2D eigenvalue weighted by Crippen LogP contribution is 2.27. The zero-order valence-electron chi connectivity index (χ0n) is 15.2. The lowest BCUT2D eigenvalue weighted by molar-refractivity contribution is -0.118. The van der Waals surface area contributed by atoms with Crippen LogP contribution in [0, 0.1) is 0 Å². The Labute approximate surface area is 177 Å². The average Bonchev–Trinajstić information content (AvgIpc) is 2.72. The van der Waals surface area contributed by atoms with Crippen LogP contribution < -0.4 is 15.4 Å². The van der Waals surface area contributed by atoms with E-state index in [0.29, 0.717) is 33.6 Å². The van der Waals surface area contributed by atoms with Crippen molar-refractivity contribution in [2.75, 3.05) is 11.9 Å². The smallest absolute Gasteiger partial charge is 0.262 e. The maximum Gasteiger partial charge on any atom is 0.262 e. The molecule has 0 fully saturated rings. The standard InChI is InChI=1S/C21H17Cl2N3O3/c22-16-6-7-19(18(23)10-16)29-13-20(27)26-17-5-1-4-15(9-17)21(28)25-12-14-3-2-8-24-11-14/h1-11H,12-13H2,(H,25,28)(H,26,27). The Bertz CT molecular complexity index is 1010. The second-order valence-corrected chi connectivity index (χ2v) is 6.88. The van der Waals surface area contributed by atoms with E-state index in [1.165, 1.54) is 6.07 Å². The lowest BCUT2D eigenvalue weighted by atomic mass is 10.2. The van der Waals surface area contributed by atoms with Crippen molar-refractivity contribution in [1.29, 1.82) is 0 Å². The first-order valence-corrected chi connectivity index (χ1v) is 9.42. The van der Waals surface area contributed by atoms with E-state index in [1.54, 1.807) is 54.9 Å². The molecule has 8 heteroatoms. The van der Waals surface area contributed by atoms with Gasteiger partial charge in [-0.1, -0.05) is 35.3 Å². The molecule has 0 bridgehead atoms. The molecule has 3 aromatic rings. The molecule has 2 aromatic carbocycles. The SMILES string of the molecule is O=C(COc1ccc(Cl)cc1Cl)Nc1cccc(C(=O)NCc2cccnc2)c1. The van der Waals surface area contributed by atoms with Crippen molar-refractivity contribution in [3.8, 4) is 5.75 Å². The maximum absolute atomic E-state index is 12.3. The Morgan fingerprint density at radius 2 is 1.90 bits per heavy atom. The van der Waals surface area contributed by atoms with Gasteiger partial charge in [-0.2, -0.15) is 0 Å². The van der Waals surface area contributed by atoms with Gasteiger partial charge in [-0.25, -0.2) is 0 Å². The summed E-state index contributed by atoms with van der Waals surface area (Å²) in [6.07, 6.45) is 3.35. The van der Waals surface area contributed by atoms with Crippen molar-refractivity contribution >= 4 is 40.7 Å². The molecule has 0 saturated heterocycles. The summed E-state index contributed by atoms with van der Waals surface area (Å²) in [5.41, 5.74) is 1.80. The number of nitrogens with zero attached hydrogens (tertiary/aromatic N) is 1. The monoisotopic (exact) mass is 429 g/mol. The molecule has 0 aliphatic heterocycles. The van der Waals surface area contributed by atoms with E-state index in [9.17, 15) is 9.59 Å². The van der Waals surface area contributed by atoms with Crippen molar-refractivity contribution in [2.45, 2.75) is 6.54 Å². The molecule has 2 N–H and O–H groups in total. The second kappa shape index (κ2) is 9.91. The van der Waals surface area contributed by atoms with Crippen LogP contribution >= 0.6 is 23.2 Å². The highest BCUT2D eigenvalue weighted by Gasteiger charge is 2.10. The summed E-state index contributed by atoms with van der Waals surface area (Å²) >= 11 is 11.8. The third-order valence-electron chi connectivity index (χ3n) is 3.84. The van der Waals surface area contributed by atoms with Crippen molar-refractivity contribution in [2.24, 2.45) is 0 Å². The molecule has 0 spiro atoms. The summed E-state index contributed by atoms with van der Waals surface area (Å²) in [6, 6.07) is 15.0. The van der Waals surface area contributed by atoms with Crippen LogP contribution in [0.1, 0.15) is 15.9 Å². The van der Waals surface area contributed by atoms with E-state index in [4.69, 9.17) is 27.9 Å². The lowest BCUT2D eigenvalue weighted by Gasteiger charge is -2.10. The number of pyridine rings is 1. The Kier molecular flexibility index (Phi) is 7.05. The van der Waals surface area contributed by atoms with Crippen molar-refractivity contribution < 1.29 is 14.3 Å². The number of anilines is 1. The highest BCUT2D eigenvalue weighted by atomic mass is 35.5. The molecule has 1 heterocycles. The molecular weight excluding hydrogens is 413 g/mol. The van der Waals surface area contributed by atoms with Crippen molar-refractivity contribution in [3.05, 3.63) is 88.2 Å². The molecule has 3 rings (SSSR count). The van der Waals surface area contributed by atoms with E-state index in [1.807, 2.05) is 6.07 Å². The van der Waals surface area contributed by atoms with Gasteiger partial charge in [0.25, 0.3) is 11.8 Å². The van der Waals surface area contributed by atoms with Crippen LogP contribution in [-0.4, -0.2) is 23.4 Å². The molecule has 0 atom stereocenters. The number of halogens is 2. The van der Waals surface area contributed by atoms with Crippen molar-refractivity contribution in [3.63, 3.8) is 0 Å². The number of amides is 2. The summed E-state index contributed by atoms with van der Waals surface area (Å²) in [5, 5.41) is 6.29. The number of carbonyl (C=O) groups excluding carboxylic acids is 2. The normalized spacial score (nSPS) is 10.3. The molecule has 0 radical (unpaired) electrons. The highest BCUT2D eigenvalue weighted by molar-refractivity contribution is 6.35. The van der Waals surface area contributed by atoms with Gasteiger partial charge in [0.2, 0.25) is 0 Å². The Morgan fingerprint density at radius 1 is 1.03 bits per heavy atom. The molecule has 29 heavy (non-hydrogen) atoms. The third-order valence-corrected chi connectivity index (χ3v) is 4.37. The van der Waals surface area contributed by atoms with Crippen LogP contribution in [0.2, 0.25) is 10.0 Å². The molecule has 0 saturated carbocycles. The molecule has 148 valence electrons. The largest absolute Gasteiger partial charge is 0.482 e. The van der Waals surface area contributed by atoms with Gasteiger partial charge in [-0.05, 0) is 48.0 Å². The minimum atomic E-state index is -0.385. The van der Waals surface area contributed by atoms with Crippen molar-refractivity contribution in [1.82, 2.24) is 10.3 Å². The quantitative estimate of drug-likeness (QED) is 0.585. The van der Waals surface area contributed by atoms with Gasteiger partial charge in [-0.3, -0.25) is 14.6 Å². The van der Waals surface area contributed by atoms with E-state index < -0.39 is 0 Å². The van der Waals surface area contributed by atoms with Crippen LogP contribution in [0.3, 0.4) is 0 Å². The number of ether oxygens (including phenoxy) is 1. The van der Waals surface area contributed by atoms with E-state index in [-0.39, 0.29) is 18.4 Å². The van der Waals surface area contributed by atoms with Gasteiger partial charge in [0.15, 0.2) is 6.61 Å². The average molecular weight is 430 g/mol. The Balaban J connectivity index is 1.54. The third kappa shape index (κ3) is 6.20. The van der Waals surface area contributed by atoms with Crippen LogP contribution in [-0.2, 0) is 11.3 Å². The molecule has 2 amide bonds. The van der Waals surface area contributed by atoms with Gasteiger partial charge in [-0.15, -0.1) is 0 Å². The first-order chi connectivity index (χ1) is 14.0. The molecule has 0 unspecified atom stereocenters. The molecule has 6 nitrogen and oxygen atoms in total. The summed E-state index contributed by atoms with van der Waals surface area (Å²) < 4.78 is 5.40. The summed E-state index contributed by atoms with van der Waals surface area (Å²) in [6.45, 7) is 0.123. The maximum atomic E-state index is 12.3. The number of nitrogens with one attached hydrogen (secondary N) is 2. The minimum Gasteiger partial charge on any atom is -0.482 e. The minimum absolute atomic E-state index is 0.237. The zero-order valence-corrected chi connectivity index (χ0v) is 16.7. The van der Waals surface area contributed by atoms with Crippen LogP contribution in [0.4, 0.5) is 5.69 Å². The number of carbonyl (C=O) groups is 2. The number of hydrogen-bond donors (Lipinski definition) is 2. The fraction of sp³-hybridized carbons (Fsp3) is 0.0952.